The van der Waals surface area contributed by atoms with Crippen molar-refractivity contribution in [3.8, 4) is 12.1 Å². The molecule has 0 aliphatic rings. The maximum atomic E-state index is 7.26. The highest BCUT2D eigenvalue weighted by molar-refractivity contribution is 5.39. The lowest BCUT2D eigenvalue weighted by atomic mass is 10.3. The van der Waals surface area contributed by atoms with Crippen molar-refractivity contribution in [2.45, 2.75) is 6.92 Å². The summed E-state index contributed by atoms with van der Waals surface area (Å²) >= 11 is 0. The van der Waals surface area contributed by atoms with Crippen molar-refractivity contribution < 1.29 is 4.84 Å². The molecule has 0 spiro atoms. The molecule has 0 bridgehead atoms. The highest BCUT2D eigenvalue weighted by Gasteiger charge is 1.84. The number of nitrogens with one attached hydrogen (secondary N) is 1. The quantitative estimate of drug-likeness (QED) is 0.739. The molecule has 0 aromatic heterocycles. The number of hydrogen-bond donors (Lipinski definition) is 1. The van der Waals surface area contributed by atoms with E-state index in [-0.39, 0.29) is 0 Å². The molecule has 0 aliphatic carbocycles. The lowest BCUT2D eigenvalue weighted by molar-refractivity contribution is 0.210. The highest BCUT2D eigenvalue weighted by atomic mass is 16.6. The van der Waals surface area contributed by atoms with Gasteiger partial charge in [-0.05, 0) is 19.1 Å². The standard InChI is InChI=1S/C8H11NO.C2N2/c1-2-10-9-8-6-4-3-5-7-8;3-1-2-4/h3-7,9H,2H2,1H3;. The molecule has 0 heterocycles. The Morgan fingerprint density at radius 1 is 1.21 bits per heavy atom. The van der Waals surface area contributed by atoms with Crippen molar-refractivity contribution in [2.75, 3.05) is 12.1 Å². The van der Waals surface area contributed by atoms with Crippen LogP contribution in [-0.4, -0.2) is 6.61 Å². The van der Waals surface area contributed by atoms with Crippen LogP contribution in [0.5, 0.6) is 0 Å². The Morgan fingerprint density at radius 2 is 1.79 bits per heavy atom. The van der Waals surface area contributed by atoms with E-state index < -0.39 is 0 Å². The maximum Gasteiger partial charge on any atom is 0.181 e. The molecule has 4 heteroatoms. The van der Waals surface area contributed by atoms with Crippen molar-refractivity contribution >= 4 is 5.69 Å². The molecule has 0 saturated carbocycles. The van der Waals surface area contributed by atoms with Crippen LogP contribution in [0.1, 0.15) is 6.92 Å². The molecular weight excluding hydrogens is 178 g/mol. The highest BCUT2D eigenvalue weighted by Crippen LogP contribution is 2.03. The molecule has 1 N–H and O–H groups in total. The van der Waals surface area contributed by atoms with Crippen molar-refractivity contribution in [1.29, 1.82) is 10.5 Å². The first kappa shape index (κ1) is 12.0. The fraction of sp³-hybridized carbons (Fsp3) is 0.200. The van der Waals surface area contributed by atoms with Gasteiger partial charge in [0.25, 0.3) is 0 Å². The van der Waals surface area contributed by atoms with Crippen LogP contribution in [0.2, 0.25) is 0 Å². The van der Waals surface area contributed by atoms with Gasteiger partial charge in [0.2, 0.25) is 0 Å². The number of nitriles is 2. The largest absolute Gasteiger partial charge is 0.276 e. The monoisotopic (exact) mass is 189 g/mol. The average Bonchev–Trinajstić information content (AvgIpc) is 2.28. The van der Waals surface area contributed by atoms with Gasteiger partial charge in [-0.1, -0.05) is 18.2 Å². The molecule has 0 atom stereocenters. The smallest absolute Gasteiger partial charge is 0.181 e. The summed E-state index contributed by atoms with van der Waals surface area (Å²) in [4.78, 5) is 4.97. The molecule has 0 amide bonds. The third-order valence-corrected chi connectivity index (χ3v) is 1.16. The molecule has 72 valence electrons. The molecule has 0 saturated heterocycles. The average molecular weight is 189 g/mol. The molecular formula is C10H11N3O. The number of benzene rings is 1. The van der Waals surface area contributed by atoms with Gasteiger partial charge in [0.05, 0.1) is 12.3 Å². The third-order valence-electron chi connectivity index (χ3n) is 1.16. The molecule has 1 rings (SSSR count). The van der Waals surface area contributed by atoms with Crippen LogP contribution in [0.4, 0.5) is 5.69 Å². The van der Waals surface area contributed by atoms with E-state index in [1.807, 2.05) is 37.3 Å². The van der Waals surface area contributed by atoms with Crippen molar-refractivity contribution in [1.82, 2.24) is 0 Å². The fourth-order valence-electron chi connectivity index (χ4n) is 0.662. The van der Waals surface area contributed by atoms with Crippen molar-refractivity contribution in [3.05, 3.63) is 30.3 Å². The summed E-state index contributed by atoms with van der Waals surface area (Å²) in [6, 6.07) is 12.3. The van der Waals surface area contributed by atoms with Crippen LogP contribution in [0.25, 0.3) is 0 Å². The van der Waals surface area contributed by atoms with Gasteiger partial charge < -0.3 is 0 Å². The van der Waals surface area contributed by atoms with Gasteiger partial charge in [-0.25, -0.2) is 0 Å². The summed E-state index contributed by atoms with van der Waals surface area (Å²) in [7, 11) is 0. The molecule has 1 aromatic carbocycles. The SMILES string of the molecule is CCONc1ccccc1.N#CC#N. The molecule has 0 fully saturated rings. The Morgan fingerprint density at radius 3 is 2.21 bits per heavy atom. The molecule has 0 radical (unpaired) electrons. The van der Waals surface area contributed by atoms with Gasteiger partial charge in [-0.15, -0.1) is 0 Å². The minimum absolute atomic E-state index is 0.675. The Bertz CT molecular complexity index is 298. The number of anilines is 1. The van der Waals surface area contributed by atoms with Crippen molar-refractivity contribution in [2.24, 2.45) is 0 Å². The van der Waals surface area contributed by atoms with Gasteiger partial charge in [-0.2, -0.15) is 10.5 Å². The Kier molecular flexibility index (Phi) is 7.73. The topological polar surface area (TPSA) is 68.8 Å². The van der Waals surface area contributed by atoms with E-state index in [0.29, 0.717) is 6.61 Å². The third kappa shape index (κ3) is 6.66. The zero-order valence-corrected chi connectivity index (χ0v) is 7.90. The van der Waals surface area contributed by atoms with Crippen LogP contribution in [0.3, 0.4) is 0 Å². The molecule has 0 aliphatic heterocycles. The first-order chi connectivity index (χ1) is 6.85. The Balaban J connectivity index is 0.000000364. The lowest BCUT2D eigenvalue weighted by Crippen LogP contribution is -1.98. The summed E-state index contributed by atoms with van der Waals surface area (Å²) < 4.78 is 0. The predicted molar refractivity (Wildman–Crippen MR) is 52.9 cm³/mol. The van der Waals surface area contributed by atoms with Gasteiger partial charge in [0, 0.05) is 0 Å². The lowest BCUT2D eigenvalue weighted by Gasteiger charge is -2.02. The second-order valence-electron chi connectivity index (χ2n) is 2.12. The predicted octanol–water partition coefficient (Wildman–Crippen LogP) is 2.08. The fourth-order valence-corrected chi connectivity index (χ4v) is 0.662. The second-order valence-corrected chi connectivity index (χ2v) is 2.12. The van der Waals surface area contributed by atoms with Crippen LogP contribution in [0.15, 0.2) is 30.3 Å². The maximum absolute atomic E-state index is 7.26. The summed E-state index contributed by atoms with van der Waals surface area (Å²) in [6.45, 7) is 2.62. The van der Waals surface area contributed by atoms with Crippen LogP contribution in [0, 0.1) is 22.7 Å². The second kappa shape index (κ2) is 9.05. The summed E-state index contributed by atoms with van der Waals surface area (Å²) in [6.07, 6.45) is 0. The van der Waals surface area contributed by atoms with E-state index in [1.54, 1.807) is 0 Å². The molecule has 14 heavy (non-hydrogen) atoms. The van der Waals surface area contributed by atoms with Gasteiger partial charge >= 0.3 is 0 Å². The first-order valence-electron chi connectivity index (χ1n) is 4.06. The normalized spacial score (nSPS) is 7.36. The zero-order chi connectivity index (χ0) is 10.6. The summed E-state index contributed by atoms with van der Waals surface area (Å²) in [5, 5.41) is 14.5. The molecule has 1 aromatic rings. The van der Waals surface area contributed by atoms with E-state index >= 15 is 0 Å². The van der Waals surface area contributed by atoms with E-state index in [9.17, 15) is 0 Å². The minimum Gasteiger partial charge on any atom is -0.276 e. The van der Waals surface area contributed by atoms with Gasteiger partial charge in [0.15, 0.2) is 12.1 Å². The van der Waals surface area contributed by atoms with Crippen LogP contribution < -0.4 is 5.48 Å². The van der Waals surface area contributed by atoms with Crippen molar-refractivity contribution in [3.63, 3.8) is 0 Å². The van der Waals surface area contributed by atoms with Crippen LogP contribution >= 0.6 is 0 Å². The summed E-state index contributed by atoms with van der Waals surface area (Å²) in [5.74, 6) is 0. The number of para-hydroxylation sites is 1. The van der Waals surface area contributed by atoms with E-state index in [2.05, 4.69) is 5.48 Å². The van der Waals surface area contributed by atoms with Gasteiger partial charge in [-0.3, -0.25) is 10.3 Å². The first-order valence-corrected chi connectivity index (χ1v) is 4.06. The number of hydrogen-bond acceptors (Lipinski definition) is 4. The number of rotatable bonds is 3. The van der Waals surface area contributed by atoms with Crippen LogP contribution in [-0.2, 0) is 4.84 Å². The molecule has 4 nitrogen and oxygen atoms in total. The zero-order valence-electron chi connectivity index (χ0n) is 7.90. The Hall–Kier alpha value is -2.04. The van der Waals surface area contributed by atoms with Gasteiger partial charge in [0.1, 0.15) is 0 Å². The van der Waals surface area contributed by atoms with E-state index in [1.165, 1.54) is 12.1 Å². The Labute approximate surface area is 83.3 Å². The molecule has 0 unspecified atom stereocenters. The van der Waals surface area contributed by atoms with E-state index in [4.69, 9.17) is 15.4 Å². The number of nitrogens with zero attached hydrogens (tertiary/aromatic N) is 2. The summed E-state index contributed by atoms with van der Waals surface area (Å²) in [5.41, 5.74) is 3.78. The van der Waals surface area contributed by atoms with E-state index in [0.717, 1.165) is 5.69 Å². The minimum atomic E-state index is 0.675.